The summed E-state index contributed by atoms with van der Waals surface area (Å²) in [7, 11) is 1.73. The molecule has 0 spiro atoms. The van der Waals surface area contributed by atoms with Gasteiger partial charge in [0.2, 0.25) is 5.91 Å². The zero-order valence-electron chi connectivity index (χ0n) is 8.04. The Labute approximate surface area is 77.7 Å². The molecule has 13 heavy (non-hydrogen) atoms. The molecule has 1 rings (SSSR count). The highest BCUT2D eigenvalue weighted by Crippen LogP contribution is 1.98. The summed E-state index contributed by atoms with van der Waals surface area (Å²) in [6, 6.07) is -0.0719. The minimum Gasteiger partial charge on any atom is -0.353 e. The minimum absolute atomic E-state index is 0.0719. The molecule has 0 aromatic carbocycles. The highest BCUT2D eigenvalue weighted by Gasteiger charge is 2.22. The molecule has 0 radical (unpaired) electrons. The lowest BCUT2D eigenvalue weighted by Crippen LogP contribution is -2.53. The van der Waals surface area contributed by atoms with Crippen molar-refractivity contribution >= 4 is 11.9 Å². The fourth-order valence-corrected chi connectivity index (χ4v) is 1.18. The normalized spacial score (nSPS) is 16.8. The average molecular weight is 185 g/mol. The second-order valence-corrected chi connectivity index (χ2v) is 3.07. The molecule has 0 aromatic rings. The summed E-state index contributed by atoms with van der Waals surface area (Å²) in [6.07, 6.45) is 0. The molecule has 74 valence electrons. The number of carbonyl (C=O) groups is 2. The van der Waals surface area contributed by atoms with Crippen molar-refractivity contribution in [2.45, 2.75) is 6.92 Å². The average Bonchev–Trinajstić information content (AvgIpc) is 2.15. The van der Waals surface area contributed by atoms with Crippen LogP contribution >= 0.6 is 0 Å². The minimum atomic E-state index is -0.0795. The van der Waals surface area contributed by atoms with Crippen molar-refractivity contribution < 1.29 is 9.59 Å². The Morgan fingerprint density at radius 1 is 1.69 bits per heavy atom. The van der Waals surface area contributed by atoms with Crippen LogP contribution in [0.3, 0.4) is 0 Å². The Morgan fingerprint density at radius 3 is 2.92 bits per heavy atom. The topological polar surface area (TPSA) is 52.7 Å². The molecule has 5 heteroatoms. The van der Waals surface area contributed by atoms with Crippen molar-refractivity contribution in [3.05, 3.63) is 0 Å². The summed E-state index contributed by atoms with van der Waals surface area (Å²) in [4.78, 5) is 25.7. The first-order chi connectivity index (χ1) is 6.15. The van der Waals surface area contributed by atoms with Crippen molar-refractivity contribution in [3.63, 3.8) is 0 Å². The van der Waals surface area contributed by atoms with E-state index >= 15 is 0 Å². The molecule has 0 saturated carbocycles. The molecule has 0 aromatic heterocycles. The number of urea groups is 1. The lowest BCUT2D eigenvalue weighted by atomic mass is 10.3. The van der Waals surface area contributed by atoms with Crippen LogP contribution in [0.4, 0.5) is 4.79 Å². The number of nitrogens with one attached hydrogen (secondary N) is 1. The number of amides is 3. The van der Waals surface area contributed by atoms with Gasteiger partial charge in [-0.15, -0.1) is 0 Å². The fourth-order valence-electron chi connectivity index (χ4n) is 1.18. The van der Waals surface area contributed by atoms with E-state index in [-0.39, 0.29) is 18.5 Å². The number of hydrogen-bond donors (Lipinski definition) is 1. The van der Waals surface area contributed by atoms with Gasteiger partial charge < -0.3 is 15.1 Å². The van der Waals surface area contributed by atoms with E-state index < -0.39 is 0 Å². The van der Waals surface area contributed by atoms with Crippen LogP contribution in [-0.4, -0.2) is 55.0 Å². The molecule has 1 aliphatic heterocycles. The third kappa shape index (κ3) is 2.34. The van der Waals surface area contributed by atoms with Crippen LogP contribution in [0.2, 0.25) is 0 Å². The smallest absolute Gasteiger partial charge is 0.320 e. The molecule has 1 N–H and O–H groups in total. The van der Waals surface area contributed by atoms with E-state index in [2.05, 4.69) is 5.32 Å². The number of hydrogen-bond acceptors (Lipinski definition) is 2. The molecular formula is C8H15N3O2. The van der Waals surface area contributed by atoms with Gasteiger partial charge in [0.05, 0.1) is 0 Å². The van der Waals surface area contributed by atoms with Gasteiger partial charge in [0.15, 0.2) is 0 Å². The van der Waals surface area contributed by atoms with E-state index in [1.807, 2.05) is 6.92 Å². The Morgan fingerprint density at radius 2 is 2.38 bits per heavy atom. The summed E-state index contributed by atoms with van der Waals surface area (Å²) in [5.74, 6) is -0.0795. The lowest BCUT2D eigenvalue weighted by molar-refractivity contribution is -0.123. The van der Waals surface area contributed by atoms with Crippen molar-refractivity contribution in [2.24, 2.45) is 0 Å². The Balaban J connectivity index is 2.50. The number of nitrogens with zero attached hydrogens (tertiary/aromatic N) is 2. The van der Waals surface area contributed by atoms with Crippen molar-refractivity contribution in [2.75, 3.05) is 33.2 Å². The highest BCUT2D eigenvalue weighted by atomic mass is 16.2. The van der Waals surface area contributed by atoms with Gasteiger partial charge in [-0.1, -0.05) is 0 Å². The van der Waals surface area contributed by atoms with Gasteiger partial charge in [-0.2, -0.15) is 0 Å². The van der Waals surface area contributed by atoms with Gasteiger partial charge in [0.1, 0.15) is 6.54 Å². The van der Waals surface area contributed by atoms with Crippen molar-refractivity contribution in [1.29, 1.82) is 0 Å². The molecule has 5 nitrogen and oxygen atoms in total. The van der Waals surface area contributed by atoms with Crippen LogP contribution in [0.25, 0.3) is 0 Å². The van der Waals surface area contributed by atoms with Crippen LogP contribution < -0.4 is 5.32 Å². The molecular weight excluding hydrogens is 170 g/mol. The molecule has 1 heterocycles. The van der Waals surface area contributed by atoms with E-state index in [1.165, 1.54) is 0 Å². The van der Waals surface area contributed by atoms with E-state index in [1.54, 1.807) is 16.8 Å². The van der Waals surface area contributed by atoms with Gasteiger partial charge in [0.25, 0.3) is 0 Å². The maximum Gasteiger partial charge on any atom is 0.320 e. The van der Waals surface area contributed by atoms with Gasteiger partial charge >= 0.3 is 6.03 Å². The molecule has 0 bridgehead atoms. The van der Waals surface area contributed by atoms with Gasteiger partial charge in [-0.3, -0.25) is 4.79 Å². The number of piperazine rings is 1. The SMILES string of the molecule is CCN(C)C(=O)N1CCNC(=O)C1. The Hall–Kier alpha value is -1.26. The monoisotopic (exact) mass is 185 g/mol. The van der Waals surface area contributed by atoms with Crippen LogP contribution in [0, 0.1) is 0 Å². The fraction of sp³-hybridized carbons (Fsp3) is 0.750. The highest BCUT2D eigenvalue weighted by molar-refractivity contribution is 5.85. The largest absolute Gasteiger partial charge is 0.353 e. The molecule has 0 atom stereocenters. The Kier molecular flexibility index (Phi) is 3.11. The summed E-state index contributed by atoms with van der Waals surface area (Å²) < 4.78 is 0. The van der Waals surface area contributed by atoms with E-state index in [0.29, 0.717) is 19.6 Å². The zero-order valence-corrected chi connectivity index (χ0v) is 8.04. The molecule has 0 aliphatic carbocycles. The van der Waals surface area contributed by atoms with Gasteiger partial charge in [0, 0.05) is 26.7 Å². The first-order valence-corrected chi connectivity index (χ1v) is 4.42. The lowest BCUT2D eigenvalue weighted by Gasteiger charge is -2.30. The maximum atomic E-state index is 11.5. The number of rotatable bonds is 1. The maximum absolute atomic E-state index is 11.5. The molecule has 1 saturated heterocycles. The molecule has 1 fully saturated rings. The first-order valence-electron chi connectivity index (χ1n) is 4.42. The summed E-state index contributed by atoms with van der Waals surface area (Å²) in [6.45, 7) is 3.92. The predicted molar refractivity (Wildman–Crippen MR) is 48.3 cm³/mol. The van der Waals surface area contributed by atoms with Gasteiger partial charge in [-0.05, 0) is 6.92 Å². The van der Waals surface area contributed by atoms with Crippen LogP contribution in [0.1, 0.15) is 6.92 Å². The standard InChI is InChI=1S/C8H15N3O2/c1-3-10(2)8(13)11-5-4-9-7(12)6-11/h3-6H2,1-2H3,(H,9,12). The summed E-state index contributed by atoms with van der Waals surface area (Å²) in [5, 5.41) is 2.67. The second kappa shape index (κ2) is 4.11. The van der Waals surface area contributed by atoms with Crippen molar-refractivity contribution in [1.82, 2.24) is 15.1 Å². The summed E-state index contributed by atoms with van der Waals surface area (Å²) in [5.41, 5.74) is 0. The third-order valence-electron chi connectivity index (χ3n) is 2.11. The second-order valence-electron chi connectivity index (χ2n) is 3.07. The molecule has 1 aliphatic rings. The van der Waals surface area contributed by atoms with E-state index in [0.717, 1.165) is 0 Å². The third-order valence-corrected chi connectivity index (χ3v) is 2.11. The zero-order chi connectivity index (χ0) is 9.84. The van der Waals surface area contributed by atoms with Crippen LogP contribution in [-0.2, 0) is 4.79 Å². The van der Waals surface area contributed by atoms with E-state index in [4.69, 9.17) is 0 Å². The quantitative estimate of drug-likeness (QED) is 0.598. The Bertz CT molecular complexity index is 217. The predicted octanol–water partition coefficient (Wildman–Crippen LogP) is -0.510. The molecule has 3 amide bonds. The van der Waals surface area contributed by atoms with Crippen molar-refractivity contribution in [3.8, 4) is 0 Å². The first kappa shape index (κ1) is 9.83. The van der Waals surface area contributed by atoms with Gasteiger partial charge in [-0.25, -0.2) is 4.79 Å². The van der Waals surface area contributed by atoms with Crippen LogP contribution in [0.15, 0.2) is 0 Å². The molecule has 0 unspecified atom stereocenters. The number of carbonyl (C=O) groups excluding carboxylic acids is 2. The van der Waals surface area contributed by atoms with Crippen LogP contribution in [0.5, 0.6) is 0 Å². The van der Waals surface area contributed by atoms with E-state index in [9.17, 15) is 9.59 Å². The summed E-state index contributed by atoms with van der Waals surface area (Å²) >= 11 is 0.